The standard InChI is InChI=1S/C53H64FN7O9S/c1-5-23-68-51-47(27-40-41(54)30-55-49(40)57-51)70-45-24-34(59-21-18-53(19-22-59)28-35(29-53)60-20-8-11-43(60)38-10-7-6-9-37(38)32(2)3)12-13-39(45)50(62)58-71(66,67)36-25-44(61(64)65)48-46(26-36)69-31-42(56-48)33-14-16-52(4,63)17-15-33/h6-7,9-10,12-13,24-27,30,32-33,35,42-43,56,63H,5,8,11,14-23,28-29,31H2,1-4H3,(H,55,57)(H,58,62)/t33-,42-,43+,52-/m1/s1. The fourth-order valence-corrected chi connectivity index (χ4v) is 12.9. The molecule has 3 aliphatic heterocycles. The van der Waals surface area contributed by atoms with Crippen molar-refractivity contribution in [1.82, 2.24) is 19.6 Å². The van der Waals surface area contributed by atoms with E-state index in [1.54, 1.807) is 19.1 Å². The highest BCUT2D eigenvalue weighted by Gasteiger charge is 2.50. The number of fused-ring (bicyclic) bond motifs is 2. The van der Waals surface area contributed by atoms with Crippen molar-refractivity contribution in [2.45, 2.75) is 133 Å². The van der Waals surface area contributed by atoms with Crippen molar-refractivity contribution in [1.29, 1.82) is 0 Å². The molecule has 2 aromatic heterocycles. The maximum absolute atomic E-state index is 15.0. The number of likely N-dealkylation sites (tertiary alicyclic amines) is 1. The number of aromatic nitrogens is 2. The third kappa shape index (κ3) is 9.74. The van der Waals surface area contributed by atoms with Gasteiger partial charge in [0.25, 0.3) is 27.5 Å². The zero-order chi connectivity index (χ0) is 49.8. The van der Waals surface area contributed by atoms with Crippen LogP contribution < -0.4 is 29.1 Å². The highest BCUT2D eigenvalue weighted by atomic mass is 32.2. The van der Waals surface area contributed by atoms with Crippen molar-refractivity contribution in [2.24, 2.45) is 11.3 Å². The number of carbonyl (C=O) groups excluding carboxylic acids is 1. The summed E-state index contributed by atoms with van der Waals surface area (Å²) in [5.74, 6) is -1.09. The molecule has 1 spiro atoms. The summed E-state index contributed by atoms with van der Waals surface area (Å²) in [4.78, 5) is 37.8. The van der Waals surface area contributed by atoms with E-state index in [2.05, 4.69) is 67.9 Å². The molecule has 378 valence electrons. The fraction of sp³-hybridized carbons (Fsp3) is 0.509. The first-order chi connectivity index (χ1) is 34.0. The molecule has 1 amide bonds. The van der Waals surface area contributed by atoms with Crippen LogP contribution in [0.1, 0.15) is 132 Å². The monoisotopic (exact) mass is 993 g/mol. The molecule has 2 atom stereocenters. The number of H-pyrrole nitrogens is 1. The van der Waals surface area contributed by atoms with Crippen LogP contribution in [0, 0.1) is 27.3 Å². The highest BCUT2D eigenvalue weighted by molar-refractivity contribution is 7.90. The van der Waals surface area contributed by atoms with E-state index >= 15 is 4.39 Å². The SMILES string of the molecule is CCCOc1nc2[nH]cc(F)c2cc1Oc1cc(N2CCC3(CC2)CC(N2CCC[C@H]2c2ccccc2C(C)C)C3)ccc1C(=O)NS(=O)(=O)c1cc2c(c([N+](=O)[O-])c1)N[C@@H]([C@H]1CC[C@](C)(O)CC1)CO2. The summed E-state index contributed by atoms with van der Waals surface area (Å²) in [6, 6.07) is 18.0. The minimum Gasteiger partial charge on any atom is -0.489 e. The molecule has 2 saturated heterocycles. The lowest BCUT2D eigenvalue weighted by Crippen LogP contribution is -2.54. The molecule has 0 radical (unpaired) electrons. The molecule has 4 N–H and O–H groups in total. The third-order valence-corrected chi connectivity index (χ3v) is 17.2. The van der Waals surface area contributed by atoms with Gasteiger partial charge in [-0.05, 0) is 125 Å². The van der Waals surface area contributed by atoms with Gasteiger partial charge in [0.1, 0.15) is 23.8 Å². The van der Waals surface area contributed by atoms with Crippen LogP contribution in [0.25, 0.3) is 11.0 Å². The first-order valence-corrected chi connectivity index (χ1v) is 26.7. The van der Waals surface area contributed by atoms with Crippen molar-refractivity contribution in [3.05, 3.63) is 99.5 Å². The Morgan fingerprint density at radius 3 is 2.54 bits per heavy atom. The summed E-state index contributed by atoms with van der Waals surface area (Å²) < 4.78 is 63.7. The number of benzene rings is 3. The van der Waals surface area contributed by atoms with Gasteiger partial charge in [-0.3, -0.25) is 19.8 Å². The van der Waals surface area contributed by atoms with Gasteiger partial charge in [-0.25, -0.2) is 17.5 Å². The fourth-order valence-electron chi connectivity index (χ4n) is 11.9. The van der Waals surface area contributed by atoms with Crippen molar-refractivity contribution >= 4 is 44.0 Å². The van der Waals surface area contributed by atoms with Gasteiger partial charge in [-0.1, -0.05) is 45.0 Å². The van der Waals surface area contributed by atoms with Crippen LogP contribution in [-0.2, 0) is 10.0 Å². The predicted octanol–water partition coefficient (Wildman–Crippen LogP) is 10.1. The van der Waals surface area contributed by atoms with Gasteiger partial charge in [0.15, 0.2) is 17.2 Å². The van der Waals surface area contributed by atoms with Crippen molar-refractivity contribution in [2.75, 3.05) is 43.1 Å². The Labute approximate surface area is 413 Å². The summed E-state index contributed by atoms with van der Waals surface area (Å²) in [6.45, 7) is 11.3. The molecule has 0 unspecified atom stereocenters. The molecule has 3 aromatic carbocycles. The Hall–Kier alpha value is -5.98. The van der Waals surface area contributed by atoms with Gasteiger partial charge in [-0.15, -0.1) is 0 Å². The van der Waals surface area contributed by atoms with Crippen molar-refractivity contribution in [3.63, 3.8) is 0 Å². The Morgan fingerprint density at radius 2 is 1.80 bits per heavy atom. The summed E-state index contributed by atoms with van der Waals surface area (Å²) in [7, 11) is -4.76. The smallest absolute Gasteiger partial charge is 0.297 e. The Kier molecular flexibility index (Phi) is 13.2. The Morgan fingerprint density at radius 1 is 1.04 bits per heavy atom. The van der Waals surface area contributed by atoms with E-state index in [0.717, 1.165) is 57.1 Å². The molecule has 18 heteroatoms. The number of aromatic amines is 1. The summed E-state index contributed by atoms with van der Waals surface area (Å²) in [6.07, 6.45) is 11.0. The van der Waals surface area contributed by atoms with Crippen LogP contribution in [0.3, 0.4) is 0 Å². The van der Waals surface area contributed by atoms with E-state index in [1.165, 1.54) is 48.4 Å². The summed E-state index contributed by atoms with van der Waals surface area (Å²) >= 11 is 0. The molecule has 5 aliphatic rings. The lowest BCUT2D eigenvalue weighted by atomic mass is 9.59. The average molecular weight is 994 g/mol. The average Bonchev–Trinajstić information content (AvgIpc) is 3.97. The van der Waals surface area contributed by atoms with E-state index in [-0.39, 0.29) is 76.0 Å². The van der Waals surface area contributed by atoms with Gasteiger partial charge in [-0.2, -0.15) is 4.98 Å². The number of nitro benzene ring substituents is 1. The van der Waals surface area contributed by atoms with Crippen LogP contribution >= 0.6 is 0 Å². The number of nitrogens with zero attached hydrogens (tertiary/aromatic N) is 4. The molecule has 10 rings (SSSR count). The Balaban J connectivity index is 0.895. The number of aliphatic hydroxyl groups is 1. The third-order valence-electron chi connectivity index (χ3n) is 15.9. The highest BCUT2D eigenvalue weighted by Crippen LogP contribution is 2.54. The van der Waals surface area contributed by atoms with Crippen molar-refractivity contribution in [3.8, 4) is 23.1 Å². The second kappa shape index (κ2) is 19.2. The number of rotatable bonds is 14. The second-order valence-electron chi connectivity index (χ2n) is 21.1. The number of ether oxygens (including phenoxy) is 3. The number of hydrogen-bond acceptors (Lipinski definition) is 13. The summed E-state index contributed by atoms with van der Waals surface area (Å²) in [5.41, 5.74) is 2.72. The minimum absolute atomic E-state index is 0.0136. The quantitative estimate of drug-likeness (QED) is 0.0605. The normalized spacial score (nSPS) is 23.5. The first-order valence-electron chi connectivity index (χ1n) is 25.2. The number of nitro groups is 1. The number of carbonyl (C=O) groups is 1. The molecular formula is C53H64FN7O9S. The number of hydrogen-bond donors (Lipinski definition) is 4. The molecule has 2 saturated carbocycles. The van der Waals surface area contributed by atoms with E-state index in [9.17, 15) is 28.4 Å². The maximum atomic E-state index is 15.0. The van der Waals surface area contributed by atoms with Gasteiger partial charge in [0, 0.05) is 61.3 Å². The molecule has 5 heterocycles. The number of anilines is 2. The largest absolute Gasteiger partial charge is 0.489 e. The lowest BCUT2D eigenvalue weighted by molar-refractivity contribution is -0.384. The van der Waals surface area contributed by atoms with Crippen molar-refractivity contribution < 1.29 is 41.8 Å². The first kappa shape index (κ1) is 48.6. The van der Waals surface area contributed by atoms with E-state index in [1.807, 2.05) is 6.92 Å². The predicted molar refractivity (Wildman–Crippen MR) is 268 cm³/mol. The molecule has 2 aliphatic carbocycles. The van der Waals surface area contributed by atoms with Crippen LogP contribution in [-0.4, -0.2) is 89.8 Å². The maximum Gasteiger partial charge on any atom is 0.297 e. The van der Waals surface area contributed by atoms with Gasteiger partial charge >= 0.3 is 0 Å². The van der Waals surface area contributed by atoms with Crippen LogP contribution in [0.4, 0.5) is 21.5 Å². The minimum atomic E-state index is -4.76. The zero-order valence-electron chi connectivity index (χ0n) is 40.8. The van der Waals surface area contributed by atoms with Gasteiger partial charge in [0.2, 0.25) is 0 Å². The number of halogens is 1. The number of piperidine rings is 1. The number of amides is 1. The molecular weight excluding hydrogens is 930 g/mol. The molecule has 0 bridgehead atoms. The number of sulfonamides is 1. The van der Waals surface area contributed by atoms with Gasteiger partial charge < -0.3 is 34.5 Å². The molecule has 4 fully saturated rings. The molecule has 16 nitrogen and oxygen atoms in total. The summed E-state index contributed by atoms with van der Waals surface area (Å²) in [5, 5.41) is 26.3. The topological polar surface area (TPSA) is 201 Å². The van der Waals surface area contributed by atoms with E-state index in [4.69, 9.17) is 14.2 Å². The van der Waals surface area contributed by atoms with E-state index < -0.39 is 42.9 Å². The van der Waals surface area contributed by atoms with Crippen LogP contribution in [0.2, 0.25) is 0 Å². The van der Waals surface area contributed by atoms with Crippen LogP contribution in [0.5, 0.6) is 23.1 Å². The second-order valence-corrected chi connectivity index (χ2v) is 22.8. The number of nitrogens with one attached hydrogen (secondary N) is 3. The molecule has 71 heavy (non-hydrogen) atoms. The Bertz CT molecular complexity index is 2940. The molecule has 5 aromatic rings. The zero-order valence-corrected chi connectivity index (χ0v) is 41.7. The van der Waals surface area contributed by atoms with Gasteiger partial charge in [0.05, 0.1) is 39.0 Å². The number of pyridine rings is 1. The van der Waals surface area contributed by atoms with E-state index in [0.29, 0.717) is 50.1 Å². The van der Waals surface area contributed by atoms with Crippen LogP contribution in [0.15, 0.2) is 71.8 Å². The lowest BCUT2D eigenvalue weighted by Gasteiger charge is -2.56.